The van der Waals surface area contributed by atoms with Crippen molar-refractivity contribution >= 4 is 11.6 Å². The van der Waals surface area contributed by atoms with Gasteiger partial charge >= 0.3 is 0 Å². The number of pyridine rings is 1. The van der Waals surface area contributed by atoms with Crippen LogP contribution in [0.1, 0.15) is 21.5 Å². The van der Waals surface area contributed by atoms with Crippen LogP contribution < -0.4 is 5.32 Å². The molecule has 0 unspecified atom stereocenters. The normalized spacial score (nSPS) is 10.0. The van der Waals surface area contributed by atoms with E-state index in [2.05, 4.69) is 10.3 Å². The van der Waals surface area contributed by atoms with Gasteiger partial charge in [0.15, 0.2) is 0 Å². The minimum atomic E-state index is -0.107. The Balaban J connectivity index is 2.20. The van der Waals surface area contributed by atoms with Crippen LogP contribution in [0.25, 0.3) is 0 Å². The highest BCUT2D eigenvalue weighted by atomic mass is 16.1. The molecular formula is C14H14N2O. The van der Waals surface area contributed by atoms with E-state index in [1.54, 1.807) is 18.5 Å². The number of anilines is 1. The molecule has 0 atom stereocenters. The highest BCUT2D eigenvalue weighted by Crippen LogP contribution is 2.11. The molecule has 3 heteroatoms. The van der Waals surface area contributed by atoms with Crippen molar-refractivity contribution in [2.24, 2.45) is 0 Å². The summed E-state index contributed by atoms with van der Waals surface area (Å²) in [6, 6.07) is 9.39. The number of hydrogen-bond acceptors (Lipinski definition) is 2. The monoisotopic (exact) mass is 226 g/mol. The Kier molecular flexibility index (Phi) is 3.19. The first-order valence-electron chi connectivity index (χ1n) is 5.45. The predicted molar refractivity (Wildman–Crippen MR) is 68.1 cm³/mol. The molecule has 0 aliphatic rings. The van der Waals surface area contributed by atoms with E-state index in [-0.39, 0.29) is 5.91 Å². The number of aromatic nitrogens is 1. The van der Waals surface area contributed by atoms with Crippen molar-refractivity contribution in [1.29, 1.82) is 0 Å². The summed E-state index contributed by atoms with van der Waals surface area (Å²) in [4.78, 5) is 15.9. The number of nitrogens with zero attached hydrogens (tertiary/aromatic N) is 1. The van der Waals surface area contributed by atoms with Crippen molar-refractivity contribution in [2.45, 2.75) is 13.8 Å². The minimum Gasteiger partial charge on any atom is -0.321 e. The molecule has 1 heterocycles. The van der Waals surface area contributed by atoms with Gasteiger partial charge in [-0.3, -0.25) is 9.78 Å². The molecule has 0 saturated heterocycles. The van der Waals surface area contributed by atoms with Gasteiger partial charge < -0.3 is 5.32 Å². The SMILES string of the molecule is Cc1cc(C)cc(C(=O)Nc2cccnc2)c1. The zero-order valence-electron chi connectivity index (χ0n) is 9.90. The Morgan fingerprint density at radius 1 is 1.18 bits per heavy atom. The number of carbonyl (C=O) groups excluding carboxylic acids is 1. The summed E-state index contributed by atoms with van der Waals surface area (Å²) in [6.45, 7) is 3.96. The molecule has 0 aliphatic carbocycles. The van der Waals surface area contributed by atoms with Crippen molar-refractivity contribution in [3.8, 4) is 0 Å². The Hall–Kier alpha value is -2.16. The summed E-state index contributed by atoms with van der Waals surface area (Å²) >= 11 is 0. The largest absolute Gasteiger partial charge is 0.321 e. The highest BCUT2D eigenvalue weighted by molar-refractivity contribution is 6.04. The van der Waals surface area contributed by atoms with Crippen LogP contribution >= 0.6 is 0 Å². The lowest BCUT2D eigenvalue weighted by molar-refractivity contribution is 0.102. The molecule has 1 amide bonds. The van der Waals surface area contributed by atoms with Crippen LogP contribution in [0.15, 0.2) is 42.7 Å². The maximum Gasteiger partial charge on any atom is 0.255 e. The fourth-order valence-corrected chi connectivity index (χ4v) is 1.75. The number of amides is 1. The zero-order chi connectivity index (χ0) is 12.3. The van der Waals surface area contributed by atoms with Crippen molar-refractivity contribution < 1.29 is 4.79 Å². The van der Waals surface area contributed by atoms with Crippen molar-refractivity contribution in [2.75, 3.05) is 5.32 Å². The molecule has 1 aromatic heterocycles. The molecular weight excluding hydrogens is 212 g/mol. The summed E-state index contributed by atoms with van der Waals surface area (Å²) < 4.78 is 0. The van der Waals surface area contributed by atoms with Gasteiger partial charge in [0.1, 0.15) is 0 Å². The van der Waals surface area contributed by atoms with E-state index in [1.807, 2.05) is 38.1 Å². The van der Waals surface area contributed by atoms with Crippen LogP contribution in [0, 0.1) is 13.8 Å². The maximum atomic E-state index is 12.0. The highest BCUT2D eigenvalue weighted by Gasteiger charge is 2.06. The number of rotatable bonds is 2. The van der Waals surface area contributed by atoms with Gasteiger partial charge in [-0.2, -0.15) is 0 Å². The van der Waals surface area contributed by atoms with Gasteiger partial charge in [-0.25, -0.2) is 0 Å². The third kappa shape index (κ3) is 2.91. The minimum absolute atomic E-state index is 0.107. The number of hydrogen-bond donors (Lipinski definition) is 1. The van der Waals surface area contributed by atoms with E-state index in [1.165, 1.54) is 0 Å². The van der Waals surface area contributed by atoms with Crippen molar-refractivity contribution in [3.63, 3.8) is 0 Å². The molecule has 0 radical (unpaired) electrons. The standard InChI is InChI=1S/C14H14N2O/c1-10-6-11(2)8-12(7-10)14(17)16-13-4-3-5-15-9-13/h3-9H,1-2H3,(H,16,17). The molecule has 3 nitrogen and oxygen atoms in total. The molecule has 0 saturated carbocycles. The van der Waals surface area contributed by atoms with Crippen LogP contribution in [0.3, 0.4) is 0 Å². The molecule has 17 heavy (non-hydrogen) atoms. The summed E-state index contributed by atoms with van der Waals surface area (Å²) in [5.74, 6) is -0.107. The molecule has 86 valence electrons. The van der Waals surface area contributed by atoms with E-state index in [4.69, 9.17) is 0 Å². The fourth-order valence-electron chi connectivity index (χ4n) is 1.75. The lowest BCUT2D eigenvalue weighted by Crippen LogP contribution is -2.12. The Morgan fingerprint density at radius 2 is 1.88 bits per heavy atom. The van der Waals surface area contributed by atoms with Crippen molar-refractivity contribution in [3.05, 3.63) is 59.4 Å². The summed E-state index contributed by atoms with van der Waals surface area (Å²) in [5, 5.41) is 2.81. The Labute approximate surface area is 101 Å². The lowest BCUT2D eigenvalue weighted by Gasteiger charge is -2.06. The number of nitrogens with one attached hydrogen (secondary N) is 1. The second-order valence-corrected chi connectivity index (χ2v) is 4.07. The van der Waals surface area contributed by atoms with Gasteiger partial charge in [-0.1, -0.05) is 17.2 Å². The Bertz CT molecular complexity index is 515. The van der Waals surface area contributed by atoms with E-state index < -0.39 is 0 Å². The van der Waals surface area contributed by atoms with E-state index in [9.17, 15) is 4.79 Å². The summed E-state index contributed by atoms with van der Waals surface area (Å²) in [5.41, 5.74) is 3.55. The summed E-state index contributed by atoms with van der Waals surface area (Å²) in [7, 11) is 0. The van der Waals surface area contributed by atoms with Gasteiger partial charge in [0.2, 0.25) is 0 Å². The smallest absolute Gasteiger partial charge is 0.255 e. The summed E-state index contributed by atoms with van der Waals surface area (Å²) in [6.07, 6.45) is 3.30. The first-order valence-corrected chi connectivity index (χ1v) is 5.45. The molecule has 0 aliphatic heterocycles. The van der Waals surface area contributed by atoms with E-state index >= 15 is 0 Å². The van der Waals surface area contributed by atoms with Crippen LogP contribution in [0.4, 0.5) is 5.69 Å². The molecule has 0 spiro atoms. The number of aryl methyl sites for hydroxylation is 2. The lowest BCUT2D eigenvalue weighted by atomic mass is 10.1. The second kappa shape index (κ2) is 4.78. The average Bonchev–Trinajstić information content (AvgIpc) is 2.29. The molecule has 2 aromatic rings. The predicted octanol–water partition coefficient (Wildman–Crippen LogP) is 2.95. The molecule has 2 rings (SSSR count). The molecule has 0 fully saturated rings. The number of benzene rings is 1. The van der Waals surface area contributed by atoms with E-state index in [0.717, 1.165) is 11.1 Å². The van der Waals surface area contributed by atoms with Gasteiger partial charge in [-0.05, 0) is 38.1 Å². The van der Waals surface area contributed by atoms with Crippen LogP contribution in [-0.4, -0.2) is 10.9 Å². The molecule has 1 aromatic carbocycles. The fraction of sp³-hybridized carbons (Fsp3) is 0.143. The van der Waals surface area contributed by atoms with Gasteiger partial charge in [0, 0.05) is 11.8 Å². The third-order valence-corrected chi connectivity index (χ3v) is 2.40. The van der Waals surface area contributed by atoms with Gasteiger partial charge in [0.25, 0.3) is 5.91 Å². The first kappa shape index (κ1) is 11.3. The third-order valence-electron chi connectivity index (χ3n) is 2.40. The molecule has 0 bridgehead atoms. The maximum absolute atomic E-state index is 12.0. The van der Waals surface area contributed by atoms with Crippen LogP contribution in [0.5, 0.6) is 0 Å². The second-order valence-electron chi connectivity index (χ2n) is 4.07. The average molecular weight is 226 g/mol. The van der Waals surface area contributed by atoms with Gasteiger partial charge in [-0.15, -0.1) is 0 Å². The van der Waals surface area contributed by atoms with Gasteiger partial charge in [0.05, 0.1) is 11.9 Å². The quantitative estimate of drug-likeness (QED) is 0.855. The zero-order valence-corrected chi connectivity index (χ0v) is 9.90. The van der Waals surface area contributed by atoms with E-state index in [0.29, 0.717) is 11.3 Å². The number of carbonyl (C=O) groups is 1. The van der Waals surface area contributed by atoms with Crippen molar-refractivity contribution in [1.82, 2.24) is 4.98 Å². The Morgan fingerprint density at radius 3 is 2.47 bits per heavy atom. The topological polar surface area (TPSA) is 42.0 Å². The van der Waals surface area contributed by atoms with Crippen LogP contribution in [0.2, 0.25) is 0 Å². The molecule has 1 N–H and O–H groups in total. The first-order chi connectivity index (χ1) is 8.15. The van der Waals surface area contributed by atoms with Crippen LogP contribution in [-0.2, 0) is 0 Å².